The summed E-state index contributed by atoms with van der Waals surface area (Å²) in [5.41, 5.74) is -3.41. The fourth-order valence-corrected chi connectivity index (χ4v) is 15.1. The van der Waals surface area contributed by atoms with Gasteiger partial charge in [-0.3, -0.25) is 46.9 Å². The summed E-state index contributed by atoms with van der Waals surface area (Å²) in [7, 11) is -4.99. The molecule has 4 aliphatic heterocycles. The Morgan fingerprint density at radius 2 is 1.04 bits per heavy atom. The number of benzene rings is 9. The summed E-state index contributed by atoms with van der Waals surface area (Å²) in [6.07, 6.45) is -1.65. The molecule has 0 spiro atoms. The van der Waals surface area contributed by atoms with Crippen LogP contribution in [-0.4, -0.2) is 133 Å². The van der Waals surface area contributed by atoms with Crippen molar-refractivity contribution in [2.45, 2.75) is 48.1 Å². The number of aromatic amines is 2. The van der Waals surface area contributed by atoms with Crippen molar-refractivity contribution in [3.63, 3.8) is 0 Å². The molecule has 4 aliphatic rings. The lowest BCUT2D eigenvalue weighted by Gasteiger charge is -2.31. The van der Waals surface area contributed by atoms with Crippen LogP contribution in [0.25, 0.3) is 92.4 Å². The molecule has 10 atom stereocenters. The van der Waals surface area contributed by atoms with E-state index >= 15 is 0 Å². The summed E-state index contributed by atoms with van der Waals surface area (Å²) in [6.45, 7) is 2.20. The van der Waals surface area contributed by atoms with Gasteiger partial charge in [0.1, 0.15) is 46.9 Å². The van der Waals surface area contributed by atoms with E-state index in [1.54, 1.807) is 10.9 Å². The number of hydrogen-bond acceptors (Lipinski definition) is 16. The quantitative estimate of drug-likeness (QED) is 0.0394. The average molecular weight is 1240 g/mol. The number of rotatable bonds is 12. The highest BCUT2D eigenvalue weighted by Gasteiger charge is 2.66. The summed E-state index contributed by atoms with van der Waals surface area (Å²) in [5, 5.41) is 24.2. The van der Waals surface area contributed by atoms with Crippen LogP contribution in [0.4, 0.5) is 0 Å². The Morgan fingerprint density at radius 1 is 0.562 bits per heavy atom. The van der Waals surface area contributed by atoms with Gasteiger partial charge in [0.05, 0.1) is 43.9 Å². The van der Waals surface area contributed by atoms with Gasteiger partial charge in [-0.15, -0.1) is 5.10 Å². The number of ether oxygens (including phenoxy) is 6. The number of nitrogens with zero attached hydrogens (tertiary/aromatic N) is 5. The standard InChI is InChI=1S/C34H27N2O8P.C30H26N5O8P/c1-41-17-34-18-42-29(30(34)44-45(2,39)40)32(43-34)36-16-21(31(37)35-33(36)38)13-12-19-14-15-26-24-10-4-7-20-6-3-9-23(27(20)24)25-11-5-8-22(19)28(25)26;1-40-14-30-15-41-25(26(30)43-44(2,38)39)28(42-30)34-12-20(27(36)31-29(34)37)21-13-35(33-32-21)22-11-9-18-7-6-16-4-3-5-17-8-10-19(22)24(18)23(16)17/h3-11,14-16,29-30,32H,17-18H2,1-2H3,(H,39,40)(H,35,37,38);3-13,25-26,28H,14-15H2,1-2H3,(H,38,39)(H,31,36,37)/t29?,30-,32-,34+;25?,26-,28-,30+/m11/s1. The first-order chi connectivity index (χ1) is 42.8. The molecular formula is C64H53N7O16P2. The van der Waals surface area contributed by atoms with E-state index in [0.29, 0.717) is 0 Å². The maximum absolute atomic E-state index is 13.0. The van der Waals surface area contributed by atoms with Crippen molar-refractivity contribution < 1.29 is 56.4 Å². The van der Waals surface area contributed by atoms with Crippen LogP contribution in [0.5, 0.6) is 0 Å². The van der Waals surface area contributed by atoms with Gasteiger partial charge in [-0.05, 0) is 82.2 Å². The molecule has 7 heterocycles. The topological polar surface area (TPSA) is 289 Å². The highest BCUT2D eigenvalue weighted by Crippen LogP contribution is 2.54. The normalized spacial score (nSPS) is 24.3. The van der Waals surface area contributed by atoms with E-state index in [0.717, 1.165) is 89.2 Å². The van der Waals surface area contributed by atoms with Crippen molar-refractivity contribution in [1.29, 1.82) is 0 Å². The Balaban J connectivity index is 0.000000149. The van der Waals surface area contributed by atoms with Gasteiger partial charge >= 0.3 is 26.6 Å². The highest BCUT2D eigenvalue weighted by molar-refractivity contribution is 7.52. The van der Waals surface area contributed by atoms with E-state index in [4.69, 9.17) is 37.5 Å². The van der Waals surface area contributed by atoms with Gasteiger partial charge in [-0.25, -0.2) is 14.3 Å². The monoisotopic (exact) mass is 1240 g/mol. The Kier molecular flexibility index (Phi) is 13.5. The molecule has 4 saturated heterocycles. The number of aromatic nitrogens is 7. The summed E-state index contributed by atoms with van der Waals surface area (Å²) in [4.78, 5) is 76.6. The molecule has 4 fully saturated rings. The van der Waals surface area contributed by atoms with Crippen molar-refractivity contribution in [3.8, 4) is 28.8 Å². The highest BCUT2D eigenvalue weighted by atomic mass is 31.2. The first-order valence-electron chi connectivity index (χ1n) is 28.3. The minimum Gasteiger partial charge on any atom is -0.381 e. The van der Waals surface area contributed by atoms with Crippen molar-refractivity contribution >= 4 is 90.6 Å². The third-order valence-electron chi connectivity index (χ3n) is 17.2. The number of fused-ring (bicyclic) bond motifs is 6. The Bertz CT molecular complexity index is 5250. The molecule has 0 radical (unpaired) electrons. The lowest BCUT2D eigenvalue weighted by Crippen LogP contribution is -2.46. The van der Waals surface area contributed by atoms with Gasteiger partial charge in [0, 0.05) is 50.9 Å². The third-order valence-corrected chi connectivity index (χ3v) is 18.4. The largest absolute Gasteiger partial charge is 0.381 e. The van der Waals surface area contributed by atoms with Gasteiger partial charge in [-0.2, -0.15) is 0 Å². The van der Waals surface area contributed by atoms with E-state index in [1.807, 2.05) is 36.4 Å². The van der Waals surface area contributed by atoms with Crippen LogP contribution in [-0.2, 0) is 46.6 Å². The van der Waals surface area contributed by atoms with Gasteiger partial charge in [0.25, 0.3) is 11.1 Å². The van der Waals surface area contributed by atoms with Crippen molar-refractivity contribution in [1.82, 2.24) is 34.1 Å². The van der Waals surface area contributed by atoms with E-state index in [-0.39, 0.29) is 43.2 Å². The molecule has 0 saturated carbocycles. The second-order valence-corrected chi connectivity index (χ2v) is 26.6. The van der Waals surface area contributed by atoms with E-state index in [2.05, 4.69) is 117 Å². The molecule has 4 unspecified atom stereocenters. The van der Waals surface area contributed by atoms with E-state index in [9.17, 15) is 38.1 Å². The lowest BCUT2D eigenvalue weighted by atomic mass is 9.88. The summed E-state index contributed by atoms with van der Waals surface area (Å²) < 4.78 is 74.0. The van der Waals surface area contributed by atoms with Crippen LogP contribution < -0.4 is 22.5 Å². The van der Waals surface area contributed by atoms with Crippen LogP contribution >= 0.6 is 15.2 Å². The average Bonchev–Trinajstić information content (AvgIpc) is 1.64. The first kappa shape index (κ1) is 56.9. The van der Waals surface area contributed by atoms with Crippen LogP contribution in [0.15, 0.2) is 159 Å². The number of methoxy groups -OCH3 is 2. The Morgan fingerprint density at radius 3 is 1.65 bits per heavy atom. The molecule has 0 aliphatic carbocycles. The zero-order chi connectivity index (χ0) is 61.5. The van der Waals surface area contributed by atoms with Crippen molar-refractivity contribution in [2.24, 2.45) is 0 Å². The number of hydrogen-bond donors (Lipinski definition) is 4. The fourth-order valence-electron chi connectivity index (χ4n) is 13.6. The second-order valence-electron chi connectivity index (χ2n) is 23.0. The minimum atomic E-state index is -3.96. The predicted octanol–water partition coefficient (Wildman–Crippen LogP) is 7.70. The second kappa shape index (κ2) is 21.0. The molecule has 16 rings (SSSR count). The van der Waals surface area contributed by atoms with Gasteiger partial charge < -0.3 is 38.2 Å². The summed E-state index contributed by atoms with van der Waals surface area (Å²) in [5.74, 6) is 6.13. The summed E-state index contributed by atoms with van der Waals surface area (Å²) in [6, 6.07) is 41.3. The molecule has 25 heteroatoms. The zero-order valence-electron chi connectivity index (χ0n) is 47.8. The SMILES string of the molecule is COC[C@@]12COC([C@H](n3cc(-c4cn(-c5ccc6ccc7cccc8ccc5c6c78)nn4)c(=O)[nH]c3=O)O1)[C@H]2OP(C)(=O)O.COC[C@@]12COC([C@H](n3cc(C#Cc4ccc5c6cccc7cccc(c8cccc4c85)c76)c(=O)[nH]c3=O)O1)[C@H]2OP(C)(=O)O. The molecular weight excluding hydrogens is 1180 g/mol. The third kappa shape index (κ3) is 9.37. The Hall–Kier alpha value is -8.56. The lowest BCUT2D eigenvalue weighted by molar-refractivity contribution is -0.190. The van der Waals surface area contributed by atoms with Crippen LogP contribution in [0.2, 0.25) is 0 Å². The molecule has 12 aromatic rings. The molecule has 9 aromatic carbocycles. The molecule has 0 amide bonds. The van der Waals surface area contributed by atoms with Crippen molar-refractivity contribution in [2.75, 3.05) is 54.0 Å². The number of H-pyrrole nitrogens is 2. The molecule has 23 nitrogen and oxygen atoms in total. The van der Waals surface area contributed by atoms with Crippen molar-refractivity contribution in [3.05, 3.63) is 193 Å². The molecule has 450 valence electrons. The van der Waals surface area contributed by atoms with Gasteiger partial charge in [0.15, 0.2) is 12.5 Å². The van der Waals surface area contributed by atoms with E-state index < -0.39 is 85.8 Å². The fraction of sp³-hybridized carbons (Fsp3) is 0.250. The van der Waals surface area contributed by atoms with Crippen LogP contribution in [0.3, 0.4) is 0 Å². The summed E-state index contributed by atoms with van der Waals surface area (Å²) >= 11 is 0. The van der Waals surface area contributed by atoms with E-state index in [1.165, 1.54) is 46.5 Å². The maximum atomic E-state index is 13.0. The van der Waals surface area contributed by atoms with Crippen LogP contribution in [0, 0.1) is 11.8 Å². The maximum Gasteiger partial charge on any atom is 0.330 e. The number of nitrogens with one attached hydrogen (secondary N) is 2. The molecule has 89 heavy (non-hydrogen) atoms. The molecule has 4 N–H and O–H groups in total. The molecule has 3 aromatic heterocycles. The zero-order valence-corrected chi connectivity index (χ0v) is 49.6. The minimum absolute atomic E-state index is 0.000527. The predicted molar refractivity (Wildman–Crippen MR) is 331 cm³/mol. The smallest absolute Gasteiger partial charge is 0.330 e. The first-order valence-corrected chi connectivity index (χ1v) is 32.3. The molecule has 4 bridgehead atoms. The van der Waals surface area contributed by atoms with Gasteiger partial charge in [0.2, 0.25) is 0 Å². The van der Waals surface area contributed by atoms with Gasteiger partial charge in [-0.1, -0.05) is 126 Å². The Labute approximate surface area is 502 Å². The van der Waals surface area contributed by atoms with Crippen LogP contribution in [0.1, 0.15) is 23.6 Å².